The average molecular weight is 320 g/mol. The van der Waals surface area contributed by atoms with Crippen LogP contribution in [0.15, 0.2) is 65.2 Å². The highest BCUT2D eigenvalue weighted by molar-refractivity contribution is 5.93. The number of hydrogen-bond acceptors (Lipinski definition) is 3. The third kappa shape index (κ3) is 3.54. The van der Waals surface area contributed by atoms with E-state index in [-0.39, 0.29) is 11.8 Å². The van der Waals surface area contributed by atoms with Gasteiger partial charge in [0.05, 0.1) is 0 Å². The standard InChI is InChI=1S/C20H20N2O2/c1-14-8-6-7-11-17(14)15(2)13-21-20(23)18-12-19(24-22-18)16-9-4-3-5-10-16/h3-12,15H,13H2,1-2H3,(H,21,23)/t15-/m1/s1. The summed E-state index contributed by atoms with van der Waals surface area (Å²) in [5.41, 5.74) is 3.66. The summed E-state index contributed by atoms with van der Waals surface area (Å²) >= 11 is 0. The quantitative estimate of drug-likeness (QED) is 0.767. The summed E-state index contributed by atoms with van der Waals surface area (Å²) in [6.45, 7) is 4.73. The van der Waals surface area contributed by atoms with Crippen molar-refractivity contribution in [2.45, 2.75) is 19.8 Å². The number of aryl methyl sites for hydroxylation is 1. The first-order chi connectivity index (χ1) is 11.6. The third-order valence-corrected chi connectivity index (χ3v) is 4.09. The van der Waals surface area contributed by atoms with Gasteiger partial charge in [0.1, 0.15) is 0 Å². The van der Waals surface area contributed by atoms with Crippen LogP contribution in [-0.4, -0.2) is 17.6 Å². The first-order valence-corrected chi connectivity index (χ1v) is 8.01. The zero-order valence-electron chi connectivity index (χ0n) is 13.8. The van der Waals surface area contributed by atoms with Crippen molar-refractivity contribution >= 4 is 5.91 Å². The molecule has 0 saturated heterocycles. The molecule has 2 aromatic carbocycles. The molecule has 1 aromatic heterocycles. The molecule has 0 aliphatic carbocycles. The third-order valence-electron chi connectivity index (χ3n) is 4.09. The Morgan fingerprint density at radius 2 is 1.83 bits per heavy atom. The highest BCUT2D eigenvalue weighted by atomic mass is 16.5. The molecule has 0 aliphatic heterocycles. The first kappa shape index (κ1) is 16.0. The average Bonchev–Trinajstić information content (AvgIpc) is 3.11. The zero-order valence-corrected chi connectivity index (χ0v) is 13.8. The van der Waals surface area contributed by atoms with E-state index in [9.17, 15) is 4.79 Å². The van der Waals surface area contributed by atoms with Gasteiger partial charge in [-0.05, 0) is 24.0 Å². The molecule has 3 rings (SSSR count). The van der Waals surface area contributed by atoms with Gasteiger partial charge in [-0.3, -0.25) is 4.79 Å². The molecule has 122 valence electrons. The highest BCUT2D eigenvalue weighted by Crippen LogP contribution is 2.20. The fourth-order valence-electron chi connectivity index (χ4n) is 2.71. The lowest BCUT2D eigenvalue weighted by Crippen LogP contribution is -2.27. The van der Waals surface area contributed by atoms with Crippen LogP contribution < -0.4 is 5.32 Å². The number of carbonyl (C=O) groups excluding carboxylic acids is 1. The normalized spacial score (nSPS) is 11.9. The molecule has 1 atom stereocenters. The number of rotatable bonds is 5. The minimum Gasteiger partial charge on any atom is -0.355 e. The maximum Gasteiger partial charge on any atom is 0.273 e. The van der Waals surface area contributed by atoms with Crippen LogP contribution in [0.25, 0.3) is 11.3 Å². The molecule has 0 radical (unpaired) electrons. The second-order valence-electron chi connectivity index (χ2n) is 5.91. The molecule has 0 bridgehead atoms. The lowest BCUT2D eigenvalue weighted by atomic mass is 9.96. The second-order valence-corrected chi connectivity index (χ2v) is 5.91. The summed E-state index contributed by atoms with van der Waals surface area (Å²) < 4.78 is 5.27. The Labute approximate surface area is 141 Å². The van der Waals surface area contributed by atoms with E-state index in [0.29, 0.717) is 18.0 Å². The van der Waals surface area contributed by atoms with E-state index < -0.39 is 0 Å². The van der Waals surface area contributed by atoms with Gasteiger partial charge >= 0.3 is 0 Å². The number of aromatic nitrogens is 1. The molecule has 1 heterocycles. The maximum atomic E-state index is 12.3. The van der Waals surface area contributed by atoms with E-state index in [1.165, 1.54) is 11.1 Å². The van der Waals surface area contributed by atoms with E-state index in [4.69, 9.17) is 4.52 Å². The van der Waals surface area contributed by atoms with Crippen molar-refractivity contribution < 1.29 is 9.32 Å². The van der Waals surface area contributed by atoms with E-state index in [0.717, 1.165) is 5.56 Å². The summed E-state index contributed by atoms with van der Waals surface area (Å²) in [4.78, 5) is 12.3. The van der Waals surface area contributed by atoms with E-state index in [1.54, 1.807) is 6.07 Å². The molecule has 4 nitrogen and oxygen atoms in total. The predicted molar refractivity (Wildman–Crippen MR) is 93.9 cm³/mol. The molecular weight excluding hydrogens is 300 g/mol. The molecule has 0 fully saturated rings. The highest BCUT2D eigenvalue weighted by Gasteiger charge is 2.15. The topological polar surface area (TPSA) is 55.1 Å². The molecule has 3 aromatic rings. The van der Waals surface area contributed by atoms with Gasteiger partial charge in [0, 0.05) is 18.2 Å². The Bertz CT molecular complexity index is 824. The molecule has 4 heteroatoms. The summed E-state index contributed by atoms with van der Waals surface area (Å²) in [7, 11) is 0. The van der Waals surface area contributed by atoms with Crippen LogP contribution in [0, 0.1) is 6.92 Å². The summed E-state index contributed by atoms with van der Waals surface area (Å²) in [5.74, 6) is 0.602. The molecule has 1 amide bonds. The molecule has 0 saturated carbocycles. The van der Waals surface area contributed by atoms with E-state index in [2.05, 4.69) is 36.5 Å². The Balaban J connectivity index is 1.64. The number of amides is 1. The van der Waals surface area contributed by atoms with Gasteiger partial charge in [0.2, 0.25) is 0 Å². The van der Waals surface area contributed by atoms with Crippen molar-refractivity contribution in [3.8, 4) is 11.3 Å². The second kappa shape index (κ2) is 7.13. The molecular formula is C20H20N2O2. The van der Waals surface area contributed by atoms with Crippen LogP contribution in [-0.2, 0) is 0 Å². The van der Waals surface area contributed by atoms with E-state index in [1.807, 2.05) is 42.5 Å². The van der Waals surface area contributed by atoms with Crippen molar-refractivity contribution in [3.05, 3.63) is 77.5 Å². The Kier molecular flexibility index (Phi) is 4.75. The minimum absolute atomic E-state index is 0.221. The van der Waals surface area contributed by atoms with Gasteiger partial charge < -0.3 is 9.84 Å². The molecule has 0 aliphatic rings. The number of nitrogens with zero attached hydrogens (tertiary/aromatic N) is 1. The monoisotopic (exact) mass is 320 g/mol. The number of nitrogens with one attached hydrogen (secondary N) is 1. The smallest absolute Gasteiger partial charge is 0.273 e. The van der Waals surface area contributed by atoms with Crippen molar-refractivity contribution in [2.24, 2.45) is 0 Å². The maximum absolute atomic E-state index is 12.3. The van der Waals surface area contributed by atoms with Crippen molar-refractivity contribution in [1.29, 1.82) is 0 Å². The first-order valence-electron chi connectivity index (χ1n) is 8.01. The summed E-state index contributed by atoms with van der Waals surface area (Å²) in [5, 5.41) is 6.80. The SMILES string of the molecule is Cc1ccccc1[C@H](C)CNC(=O)c1cc(-c2ccccc2)on1. The lowest BCUT2D eigenvalue weighted by Gasteiger charge is -2.14. The number of benzene rings is 2. The molecule has 1 N–H and O–H groups in total. The van der Waals surface area contributed by atoms with Crippen LogP contribution >= 0.6 is 0 Å². The summed E-state index contributed by atoms with van der Waals surface area (Å²) in [6.07, 6.45) is 0. The van der Waals surface area contributed by atoms with Gasteiger partial charge in [-0.1, -0.05) is 66.7 Å². The van der Waals surface area contributed by atoms with E-state index >= 15 is 0 Å². The van der Waals surface area contributed by atoms with Gasteiger partial charge in [-0.15, -0.1) is 0 Å². The Morgan fingerprint density at radius 1 is 1.12 bits per heavy atom. The van der Waals surface area contributed by atoms with Gasteiger partial charge in [0.25, 0.3) is 5.91 Å². The van der Waals surface area contributed by atoms with Crippen molar-refractivity contribution in [3.63, 3.8) is 0 Å². The van der Waals surface area contributed by atoms with Crippen LogP contribution in [0.1, 0.15) is 34.5 Å². The van der Waals surface area contributed by atoms with Crippen LogP contribution in [0.4, 0.5) is 0 Å². The van der Waals surface area contributed by atoms with Gasteiger partial charge in [-0.25, -0.2) is 0 Å². The lowest BCUT2D eigenvalue weighted by molar-refractivity contribution is 0.0942. The fraction of sp³-hybridized carbons (Fsp3) is 0.200. The molecule has 24 heavy (non-hydrogen) atoms. The van der Waals surface area contributed by atoms with Crippen LogP contribution in [0.5, 0.6) is 0 Å². The minimum atomic E-state index is -0.221. The Hall–Kier alpha value is -2.88. The summed E-state index contributed by atoms with van der Waals surface area (Å²) in [6, 6.07) is 19.5. The van der Waals surface area contributed by atoms with Crippen molar-refractivity contribution in [2.75, 3.05) is 6.54 Å². The van der Waals surface area contributed by atoms with Crippen LogP contribution in [0.3, 0.4) is 0 Å². The van der Waals surface area contributed by atoms with Gasteiger partial charge in [0.15, 0.2) is 11.5 Å². The molecule has 0 spiro atoms. The number of hydrogen-bond donors (Lipinski definition) is 1. The van der Waals surface area contributed by atoms with Gasteiger partial charge in [-0.2, -0.15) is 0 Å². The number of carbonyl (C=O) groups is 1. The predicted octanol–water partition coefficient (Wildman–Crippen LogP) is 4.18. The molecule has 0 unspecified atom stereocenters. The zero-order chi connectivity index (χ0) is 16.9. The largest absolute Gasteiger partial charge is 0.355 e. The fourth-order valence-corrected chi connectivity index (χ4v) is 2.71. The Morgan fingerprint density at radius 3 is 2.58 bits per heavy atom. The van der Waals surface area contributed by atoms with Crippen molar-refractivity contribution in [1.82, 2.24) is 10.5 Å². The van der Waals surface area contributed by atoms with Crippen LogP contribution in [0.2, 0.25) is 0 Å².